The van der Waals surface area contributed by atoms with E-state index in [2.05, 4.69) is 15.0 Å². The molecule has 12 heteroatoms. The average molecular weight is 592 g/mol. The van der Waals surface area contributed by atoms with E-state index >= 15 is 0 Å². The lowest BCUT2D eigenvalue weighted by atomic mass is 9.96. The Morgan fingerprint density at radius 3 is 2.49 bits per heavy atom. The van der Waals surface area contributed by atoms with Crippen LogP contribution in [0.3, 0.4) is 0 Å². The number of methoxy groups -OCH3 is 1. The minimum Gasteiger partial charge on any atom is -0.495 e. The van der Waals surface area contributed by atoms with Gasteiger partial charge in [-0.3, -0.25) is 9.71 Å². The number of carboxylic acids is 1. The lowest BCUT2D eigenvalue weighted by Crippen LogP contribution is -2.29. The molecule has 0 amide bonds. The van der Waals surface area contributed by atoms with E-state index in [9.17, 15) is 18.3 Å². The minimum atomic E-state index is -3.59. The van der Waals surface area contributed by atoms with Crippen LogP contribution in [-0.4, -0.2) is 47.5 Å². The fourth-order valence-corrected chi connectivity index (χ4v) is 6.29. The van der Waals surface area contributed by atoms with Gasteiger partial charge in [-0.2, -0.15) is 0 Å². The fourth-order valence-electron chi connectivity index (χ4n) is 5.38. The zero-order chi connectivity index (χ0) is 29.5. The number of thiocarbonyl (C=S) groups is 1. The van der Waals surface area contributed by atoms with Gasteiger partial charge in [0.25, 0.3) is 0 Å². The summed E-state index contributed by atoms with van der Waals surface area (Å²) in [6, 6.07) is 19.0. The number of nitrogens with zero attached hydrogens (tertiary/aromatic N) is 3. The highest BCUT2D eigenvalue weighted by Gasteiger charge is 2.42. The summed E-state index contributed by atoms with van der Waals surface area (Å²) >= 11 is 5.85. The molecule has 2 aromatic carbocycles. The monoisotopic (exact) mass is 591 g/mol. The molecule has 0 spiro atoms. The van der Waals surface area contributed by atoms with Crippen molar-refractivity contribution < 1.29 is 23.1 Å². The molecule has 3 heterocycles. The molecule has 3 N–H and O–H groups in total. The fraction of sp³-hybridized carbons (Fsp3) is 0.207. The number of aromatic carboxylic acids is 1. The van der Waals surface area contributed by atoms with Crippen molar-refractivity contribution in [2.75, 3.05) is 23.0 Å². The first-order valence-corrected chi connectivity index (χ1v) is 15.0. The molecule has 212 valence electrons. The molecule has 0 radical (unpaired) electrons. The summed E-state index contributed by atoms with van der Waals surface area (Å²) in [5.41, 5.74) is 5.00. The Kier molecular flexibility index (Phi) is 7.45. The van der Waals surface area contributed by atoms with Gasteiger partial charge in [0.15, 0.2) is 5.11 Å². The maximum atomic E-state index is 12.1. The van der Waals surface area contributed by atoms with Crippen LogP contribution < -0.4 is 19.7 Å². The summed E-state index contributed by atoms with van der Waals surface area (Å²) in [4.78, 5) is 18.6. The molecular formula is C29H29N5O5S2. The Labute approximate surface area is 243 Å². The average Bonchev–Trinajstić information content (AvgIpc) is 3.42. The quantitative estimate of drug-likeness (QED) is 0.249. The van der Waals surface area contributed by atoms with E-state index in [0.29, 0.717) is 22.2 Å². The van der Waals surface area contributed by atoms with Gasteiger partial charge in [-0.25, -0.2) is 13.2 Å². The first-order valence-electron chi connectivity index (χ1n) is 12.7. The summed E-state index contributed by atoms with van der Waals surface area (Å²) in [5.74, 6) is -0.658. The van der Waals surface area contributed by atoms with Gasteiger partial charge in [-0.05, 0) is 80.2 Å². The Morgan fingerprint density at radius 1 is 1.10 bits per heavy atom. The highest BCUT2D eigenvalue weighted by molar-refractivity contribution is 7.92. The minimum absolute atomic E-state index is 0.186. The van der Waals surface area contributed by atoms with Crippen molar-refractivity contribution in [3.8, 4) is 11.4 Å². The maximum absolute atomic E-state index is 12.1. The third kappa shape index (κ3) is 5.35. The number of hydrogen-bond acceptors (Lipinski definition) is 6. The van der Waals surface area contributed by atoms with E-state index in [-0.39, 0.29) is 17.3 Å². The molecule has 2 aromatic heterocycles. The van der Waals surface area contributed by atoms with Crippen LogP contribution in [-0.2, 0) is 10.0 Å². The normalized spacial score (nSPS) is 16.9. The zero-order valence-electron chi connectivity index (χ0n) is 22.8. The SMILES string of the molecule is COc1ccc(N2C(=S)N[C@@H](c3ccccn3)[C@H]2c2cc(C)n(-c3ccccc3C(=O)O)c2C)cc1NS(C)(=O)=O. The van der Waals surface area contributed by atoms with Crippen LogP contribution in [0.2, 0.25) is 0 Å². The van der Waals surface area contributed by atoms with Gasteiger partial charge >= 0.3 is 5.97 Å². The van der Waals surface area contributed by atoms with Crippen molar-refractivity contribution >= 4 is 44.7 Å². The first-order chi connectivity index (χ1) is 19.5. The summed E-state index contributed by atoms with van der Waals surface area (Å²) < 4.78 is 34.1. The second-order valence-electron chi connectivity index (χ2n) is 9.74. The molecule has 0 unspecified atom stereocenters. The number of carboxylic acid groups (broad SMARTS) is 1. The molecule has 0 aliphatic carbocycles. The second kappa shape index (κ2) is 10.9. The number of pyridine rings is 1. The van der Waals surface area contributed by atoms with Crippen LogP contribution in [0.1, 0.15) is 45.1 Å². The highest BCUT2D eigenvalue weighted by atomic mass is 32.2. The van der Waals surface area contributed by atoms with Crippen molar-refractivity contribution in [1.29, 1.82) is 0 Å². The Morgan fingerprint density at radius 2 is 1.83 bits per heavy atom. The summed E-state index contributed by atoms with van der Waals surface area (Å²) in [7, 11) is -2.13. The standard InChI is InChI=1S/C29H29N5O5S2/c1-17-15-21(18(2)33(17)24-11-6-5-9-20(24)28(35)36)27-26(22-10-7-8-14-30-22)31-29(40)34(27)19-12-13-25(39-3)23(16-19)32-41(4,37)38/h5-16,26-27,32H,1-4H3,(H,31,40)(H,35,36)/t26-,27+/m0/s1. The van der Waals surface area contributed by atoms with Crippen molar-refractivity contribution in [2.45, 2.75) is 25.9 Å². The molecule has 1 aliphatic rings. The van der Waals surface area contributed by atoms with Gasteiger partial charge in [-0.1, -0.05) is 18.2 Å². The molecule has 10 nitrogen and oxygen atoms in total. The number of nitrogens with one attached hydrogen (secondary N) is 2. The lowest BCUT2D eigenvalue weighted by Gasteiger charge is -2.29. The number of ether oxygens (including phenoxy) is 1. The Hall–Kier alpha value is -4.42. The molecule has 41 heavy (non-hydrogen) atoms. The predicted octanol–water partition coefficient (Wildman–Crippen LogP) is 4.74. The molecule has 1 saturated heterocycles. The van der Waals surface area contributed by atoms with Crippen LogP contribution in [0.4, 0.5) is 11.4 Å². The molecule has 0 bridgehead atoms. The number of carbonyl (C=O) groups is 1. The van der Waals surface area contributed by atoms with E-state index in [1.54, 1.807) is 36.5 Å². The Balaban J connectivity index is 1.71. The molecule has 0 saturated carbocycles. The van der Waals surface area contributed by atoms with E-state index in [1.165, 1.54) is 7.11 Å². The third-order valence-corrected chi connectivity index (χ3v) is 7.92. The van der Waals surface area contributed by atoms with Crippen molar-refractivity contribution in [1.82, 2.24) is 14.9 Å². The van der Waals surface area contributed by atoms with Crippen LogP contribution in [0, 0.1) is 13.8 Å². The summed E-state index contributed by atoms with van der Waals surface area (Å²) in [5, 5.41) is 13.7. The highest BCUT2D eigenvalue weighted by Crippen LogP contribution is 2.45. The maximum Gasteiger partial charge on any atom is 0.337 e. The van der Waals surface area contributed by atoms with Crippen molar-refractivity contribution in [3.05, 3.63) is 101 Å². The van der Waals surface area contributed by atoms with Gasteiger partial charge in [0, 0.05) is 23.3 Å². The molecule has 4 aromatic rings. The van der Waals surface area contributed by atoms with E-state index in [1.807, 2.05) is 59.7 Å². The van der Waals surface area contributed by atoms with E-state index in [4.69, 9.17) is 17.0 Å². The second-order valence-corrected chi connectivity index (χ2v) is 11.9. The Bertz CT molecular complexity index is 1750. The van der Waals surface area contributed by atoms with Crippen molar-refractivity contribution in [2.24, 2.45) is 0 Å². The first kappa shape index (κ1) is 28.1. The zero-order valence-corrected chi connectivity index (χ0v) is 24.5. The van der Waals surface area contributed by atoms with Crippen LogP contribution in [0.5, 0.6) is 5.75 Å². The summed E-state index contributed by atoms with van der Waals surface area (Å²) in [6.45, 7) is 3.87. The predicted molar refractivity (Wildman–Crippen MR) is 162 cm³/mol. The van der Waals surface area contributed by atoms with Crippen LogP contribution in [0.15, 0.2) is 72.9 Å². The largest absolute Gasteiger partial charge is 0.495 e. The summed E-state index contributed by atoms with van der Waals surface area (Å²) in [6.07, 6.45) is 2.79. The van der Waals surface area contributed by atoms with Crippen LogP contribution >= 0.6 is 12.2 Å². The third-order valence-electron chi connectivity index (χ3n) is 7.02. The number of anilines is 2. The van der Waals surface area contributed by atoms with E-state index < -0.39 is 22.0 Å². The molecular weight excluding hydrogens is 562 g/mol. The lowest BCUT2D eigenvalue weighted by molar-refractivity contribution is 0.0697. The number of sulfonamides is 1. The number of hydrogen-bond donors (Lipinski definition) is 3. The van der Waals surface area contributed by atoms with E-state index in [0.717, 1.165) is 28.9 Å². The van der Waals surface area contributed by atoms with Gasteiger partial charge in [0.1, 0.15) is 5.75 Å². The van der Waals surface area contributed by atoms with Crippen molar-refractivity contribution in [3.63, 3.8) is 0 Å². The van der Waals surface area contributed by atoms with Gasteiger partial charge in [-0.15, -0.1) is 0 Å². The van der Waals surface area contributed by atoms with Gasteiger partial charge in [0.05, 0.1) is 48.1 Å². The van der Waals surface area contributed by atoms with Gasteiger partial charge in [0.2, 0.25) is 10.0 Å². The van der Waals surface area contributed by atoms with Gasteiger partial charge < -0.3 is 24.6 Å². The molecule has 1 aliphatic heterocycles. The number of rotatable bonds is 8. The smallest absolute Gasteiger partial charge is 0.337 e. The number of aryl methyl sites for hydroxylation is 1. The molecule has 1 fully saturated rings. The number of aromatic nitrogens is 2. The molecule has 2 atom stereocenters. The molecule has 5 rings (SSSR count). The van der Waals surface area contributed by atoms with Crippen LogP contribution in [0.25, 0.3) is 5.69 Å². The topological polar surface area (TPSA) is 126 Å². The number of para-hydroxylation sites is 1. The number of benzene rings is 2.